The molecule has 0 spiro atoms. The summed E-state index contributed by atoms with van der Waals surface area (Å²) < 4.78 is 0. The highest BCUT2D eigenvalue weighted by Crippen LogP contribution is 2.22. The minimum absolute atomic E-state index is 0.256. The summed E-state index contributed by atoms with van der Waals surface area (Å²) in [6, 6.07) is 13.6. The molecule has 0 unspecified atom stereocenters. The van der Waals surface area contributed by atoms with E-state index in [1.807, 2.05) is 30.5 Å². The summed E-state index contributed by atoms with van der Waals surface area (Å²) in [7, 11) is 0. The molecule has 1 fully saturated rings. The highest BCUT2D eigenvalue weighted by atomic mass is 16.3. The fourth-order valence-corrected chi connectivity index (χ4v) is 3.32. The van der Waals surface area contributed by atoms with Crippen molar-refractivity contribution in [2.75, 3.05) is 18.4 Å². The zero-order chi connectivity index (χ0) is 18.2. The van der Waals surface area contributed by atoms with Gasteiger partial charge in [0.15, 0.2) is 5.96 Å². The number of nitrogens with zero attached hydrogens (tertiary/aromatic N) is 3. The first-order valence-corrected chi connectivity index (χ1v) is 9.53. The van der Waals surface area contributed by atoms with Crippen molar-refractivity contribution in [3.63, 3.8) is 0 Å². The van der Waals surface area contributed by atoms with Crippen LogP contribution in [0.15, 0.2) is 53.7 Å². The quantitative estimate of drug-likeness (QED) is 0.608. The van der Waals surface area contributed by atoms with Crippen LogP contribution < -0.4 is 5.32 Å². The zero-order valence-corrected chi connectivity index (χ0v) is 15.4. The predicted molar refractivity (Wildman–Crippen MR) is 107 cm³/mol. The molecule has 0 atom stereocenters. The van der Waals surface area contributed by atoms with Crippen LogP contribution in [0.4, 0.5) is 5.69 Å². The second-order valence-corrected chi connectivity index (χ2v) is 6.72. The normalized spacial score (nSPS) is 15.2. The number of hydrogen-bond acceptors (Lipinski definition) is 3. The predicted octanol–water partition coefficient (Wildman–Crippen LogP) is 4.06. The lowest BCUT2D eigenvalue weighted by molar-refractivity contribution is 0.436. The Morgan fingerprint density at radius 1 is 1.23 bits per heavy atom. The van der Waals surface area contributed by atoms with Crippen LogP contribution in [0.5, 0.6) is 5.75 Å². The van der Waals surface area contributed by atoms with Gasteiger partial charge in [-0.15, -0.1) is 0 Å². The number of phenolic OH excluding ortho intramolecular Hbond substituents is 1. The molecule has 1 heterocycles. The molecule has 3 rings (SSSR count). The van der Waals surface area contributed by atoms with E-state index in [9.17, 15) is 5.11 Å². The van der Waals surface area contributed by atoms with Gasteiger partial charge in [0.05, 0.1) is 6.04 Å². The fraction of sp³-hybridized carbons (Fsp3) is 0.429. The average Bonchev–Trinajstić information content (AvgIpc) is 3.16. The number of aliphatic imine (C=N–C) groups is 1. The number of aromatic hydroxyl groups is 1. The zero-order valence-electron chi connectivity index (χ0n) is 15.4. The molecule has 5 nitrogen and oxygen atoms in total. The maximum atomic E-state index is 9.76. The van der Waals surface area contributed by atoms with Crippen molar-refractivity contribution in [1.29, 1.82) is 0 Å². The summed E-state index contributed by atoms with van der Waals surface area (Å²) in [5.74, 6) is 1.15. The third kappa shape index (κ3) is 5.22. The van der Waals surface area contributed by atoms with Crippen molar-refractivity contribution in [1.82, 2.24) is 9.88 Å². The summed E-state index contributed by atoms with van der Waals surface area (Å²) in [4.78, 5) is 11.7. The Bertz CT molecular complexity index is 711. The second kappa shape index (κ2) is 9.22. The summed E-state index contributed by atoms with van der Waals surface area (Å²) in [5, 5.41) is 13.2. The fourth-order valence-electron chi connectivity index (χ4n) is 3.32. The first-order chi connectivity index (χ1) is 12.7. The topological polar surface area (TPSA) is 60.8 Å². The largest absolute Gasteiger partial charge is 0.508 e. The van der Waals surface area contributed by atoms with Crippen molar-refractivity contribution < 1.29 is 5.11 Å². The second-order valence-electron chi connectivity index (χ2n) is 6.72. The summed E-state index contributed by atoms with van der Waals surface area (Å²) in [6.07, 6.45) is 7.54. The highest BCUT2D eigenvalue weighted by molar-refractivity contribution is 5.94. The number of phenols is 1. The lowest BCUT2D eigenvalue weighted by Gasteiger charge is -2.26. The van der Waals surface area contributed by atoms with Crippen LogP contribution in [0.1, 0.15) is 38.3 Å². The Hall–Kier alpha value is -2.56. The third-order valence-corrected chi connectivity index (χ3v) is 4.78. The van der Waals surface area contributed by atoms with E-state index in [4.69, 9.17) is 4.99 Å². The Morgan fingerprint density at radius 3 is 2.77 bits per heavy atom. The van der Waals surface area contributed by atoms with E-state index in [2.05, 4.69) is 28.2 Å². The third-order valence-electron chi connectivity index (χ3n) is 4.78. The molecule has 0 bridgehead atoms. The summed E-state index contributed by atoms with van der Waals surface area (Å²) in [5.41, 5.74) is 1.95. The highest BCUT2D eigenvalue weighted by Gasteiger charge is 2.18. The van der Waals surface area contributed by atoms with Gasteiger partial charge in [-0.05, 0) is 44.0 Å². The van der Waals surface area contributed by atoms with Gasteiger partial charge in [0.2, 0.25) is 0 Å². The molecule has 0 amide bonds. The number of nitrogens with one attached hydrogen (secondary N) is 1. The maximum absolute atomic E-state index is 9.76. The van der Waals surface area contributed by atoms with E-state index in [1.165, 1.54) is 12.8 Å². The molecule has 138 valence electrons. The van der Waals surface area contributed by atoms with Crippen LogP contribution >= 0.6 is 0 Å². The number of benzene rings is 1. The van der Waals surface area contributed by atoms with Gasteiger partial charge in [-0.1, -0.05) is 25.0 Å². The van der Waals surface area contributed by atoms with Crippen LogP contribution in [0.3, 0.4) is 0 Å². The molecule has 26 heavy (non-hydrogen) atoms. The number of likely N-dealkylation sites (N-methyl/N-ethyl adjacent to an activating group) is 1. The molecule has 0 aliphatic heterocycles. The molecular weight excluding hydrogens is 324 g/mol. The standard InChI is InChI=1S/C21H28N4O/c1-2-25(15-13-17-8-5-6-14-22-17)21(23-18-9-3-4-10-18)24-19-11-7-12-20(26)16-19/h5-8,11-12,14,16,18,26H,2-4,9-10,13,15H2,1H3,(H,23,24). The van der Waals surface area contributed by atoms with Gasteiger partial charge in [-0.2, -0.15) is 0 Å². The van der Waals surface area contributed by atoms with Gasteiger partial charge in [-0.25, -0.2) is 4.99 Å². The monoisotopic (exact) mass is 352 g/mol. The first kappa shape index (κ1) is 18.2. The van der Waals surface area contributed by atoms with Gasteiger partial charge < -0.3 is 15.3 Å². The van der Waals surface area contributed by atoms with Crippen LogP contribution in [-0.2, 0) is 6.42 Å². The number of hydrogen-bond donors (Lipinski definition) is 2. The minimum atomic E-state index is 0.256. The van der Waals surface area contributed by atoms with Gasteiger partial charge in [0.1, 0.15) is 5.75 Å². The summed E-state index contributed by atoms with van der Waals surface area (Å²) in [6.45, 7) is 3.86. The smallest absolute Gasteiger partial charge is 0.198 e. The molecule has 2 aromatic rings. The van der Waals surface area contributed by atoms with Gasteiger partial charge in [0.25, 0.3) is 0 Å². The molecule has 1 aromatic carbocycles. The maximum Gasteiger partial charge on any atom is 0.198 e. The summed E-state index contributed by atoms with van der Waals surface area (Å²) >= 11 is 0. The first-order valence-electron chi connectivity index (χ1n) is 9.53. The van der Waals surface area contributed by atoms with E-state index >= 15 is 0 Å². The van der Waals surface area contributed by atoms with E-state index in [0.29, 0.717) is 6.04 Å². The van der Waals surface area contributed by atoms with Crippen LogP contribution in [0.25, 0.3) is 0 Å². The van der Waals surface area contributed by atoms with Crippen molar-refractivity contribution in [3.8, 4) is 5.75 Å². The average molecular weight is 352 g/mol. The molecule has 1 aliphatic rings. The lowest BCUT2D eigenvalue weighted by Crippen LogP contribution is -2.38. The molecule has 1 aliphatic carbocycles. The van der Waals surface area contributed by atoms with Gasteiger partial charge in [-0.3, -0.25) is 4.98 Å². The molecule has 0 radical (unpaired) electrons. The number of rotatable bonds is 6. The number of guanidine groups is 1. The minimum Gasteiger partial charge on any atom is -0.508 e. The van der Waals surface area contributed by atoms with Crippen LogP contribution in [0.2, 0.25) is 0 Å². The van der Waals surface area contributed by atoms with E-state index in [-0.39, 0.29) is 5.75 Å². The molecule has 0 saturated heterocycles. The Balaban J connectivity index is 1.75. The van der Waals surface area contributed by atoms with Crippen molar-refractivity contribution in [3.05, 3.63) is 54.4 Å². The Labute approximate surface area is 155 Å². The number of pyridine rings is 1. The Morgan fingerprint density at radius 2 is 2.08 bits per heavy atom. The van der Waals surface area contributed by atoms with Crippen molar-refractivity contribution >= 4 is 11.6 Å². The SMILES string of the molecule is CCN(CCc1ccccn1)C(=NC1CCCC1)Nc1cccc(O)c1. The number of aromatic nitrogens is 1. The number of anilines is 1. The molecular formula is C21H28N4O. The lowest BCUT2D eigenvalue weighted by atomic mass is 10.2. The van der Waals surface area contributed by atoms with Crippen molar-refractivity contribution in [2.24, 2.45) is 4.99 Å². The van der Waals surface area contributed by atoms with Crippen molar-refractivity contribution in [2.45, 2.75) is 45.1 Å². The molecule has 5 heteroatoms. The molecule has 1 aromatic heterocycles. The molecule has 1 saturated carbocycles. The van der Waals surface area contributed by atoms with E-state index < -0.39 is 0 Å². The van der Waals surface area contributed by atoms with E-state index in [1.54, 1.807) is 12.1 Å². The van der Waals surface area contributed by atoms with Crippen LogP contribution in [0, 0.1) is 0 Å². The Kier molecular flexibility index (Phi) is 6.47. The van der Waals surface area contributed by atoms with Gasteiger partial charge >= 0.3 is 0 Å². The van der Waals surface area contributed by atoms with E-state index in [0.717, 1.165) is 49.7 Å². The van der Waals surface area contributed by atoms with Crippen LogP contribution in [-0.4, -0.2) is 40.1 Å². The van der Waals surface area contributed by atoms with Gasteiger partial charge in [0, 0.05) is 43.2 Å². The molecule has 2 N–H and O–H groups in total.